The monoisotopic (exact) mass is 251 g/mol. The number of hydrogen-bond donors (Lipinski definition) is 2. The number of primary amides is 1. The standard InChI is InChI=1S/C7H4Cl2FN3O2/c8-3-2(6(14)13-7(11)15)1-12-5(9)4(3)10/h1H,(H3,11,13,14,15). The number of hydrogen-bond acceptors (Lipinski definition) is 3. The molecule has 0 spiro atoms. The van der Waals surface area contributed by atoms with Crippen LogP contribution in [0.15, 0.2) is 6.20 Å². The molecule has 1 heterocycles. The van der Waals surface area contributed by atoms with Crippen molar-refractivity contribution in [3.05, 3.63) is 27.8 Å². The molecule has 8 heteroatoms. The maximum atomic E-state index is 13.1. The Balaban J connectivity index is 3.11. The van der Waals surface area contributed by atoms with Crippen LogP contribution in [0.2, 0.25) is 10.2 Å². The number of carbonyl (C=O) groups excluding carboxylic acids is 2. The number of pyridine rings is 1. The van der Waals surface area contributed by atoms with Gasteiger partial charge in [0.2, 0.25) is 0 Å². The third-order valence-corrected chi connectivity index (χ3v) is 2.03. The van der Waals surface area contributed by atoms with Gasteiger partial charge in [-0.3, -0.25) is 10.1 Å². The number of nitrogens with two attached hydrogens (primary N) is 1. The average molecular weight is 252 g/mol. The molecule has 0 radical (unpaired) electrons. The molecule has 1 aromatic heterocycles. The first-order chi connectivity index (χ1) is 6.93. The quantitative estimate of drug-likeness (QED) is 0.739. The van der Waals surface area contributed by atoms with Crippen molar-refractivity contribution in [3.63, 3.8) is 0 Å². The minimum absolute atomic E-state index is 0.322. The molecule has 0 aliphatic rings. The molecule has 1 rings (SSSR count). The normalized spacial score (nSPS) is 9.80. The van der Waals surface area contributed by atoms with Crippen molar-refractivity contribution in [1.29, 1.82) is 0 Å². The number of imide groups is 1. The Morgan fingerprint density at radius 2 is 2.07 bits per heavy atom. The summed E-state index contributed by atoms with van der Waals surface area (Å²) in [6.45, 7) is 0. The van der Waals surface area contributed by atoms with Crippen LogP contribution in [0.5, 0.6) is 0 Å². The summed E-state index contributed by atoms with van der Waals surface area (Å²) >= 11 is 10.8. The van der Waals surface area contributed by atoms with Crippen LogP contribution < -0.4 is 11.1 Å². The molecule has 0 unspecified atom stereocenters. The van der Waals surface area contributed by atoms with Crippen molar-refractivity contribution in [2.75, 3.05) is 0 Å². The largest absolute Gasteiger partial charge is 0.351 e. The van der Waals surface area contributed by atoms with Gasteiger partial charge in [0.05, 0.1) is 10.6 Å². The molecule has 0 aromatic carbocycles. The zero-order valence-electron chi connectivity index (χ0n) is 7.05. The molecule has 0 aliphatic heterocycles. The van der Waals surface area contributed by atoms with E-state index in [2.05, 4.69) is 4.98 Å². The maximum Gasteiger partial charge on any atom is 0.319 e. The highest BCUT2D eigenvalue weighted by Crippen LogP contribution is 2.23. The summed E-state index contributed by atoms with van der Waals surface area (Å²) < 4.78 is 13.1. The third-order valence-electron chi connectivity index (χ3n) is 1.40. The van der Waals surface area contributed by atoms with Crippen LogP contribution in [0.4, 0.5) is 9.18 Å². The smallest absolute Gasteiger partial charge is 0.319 e. The van der Waals surface area contributed by atoms with Crippen molar-refractivity contribution < 1.29 is 14.0 Å². The highest BCUT2D eigenvalue weighted by atomic mass is 35.5. The molecule has 0 atom stereocenters. The molecule has 0 saturated carbocycles. The molecule has 3 N–H and O–H groups in total. The molecule has 5 nitrogen and oxygen atoms in total. The molecule has 0 saturated heterocycles. The Bertz CT molecular complexity index is 438. The van der Waals surface area contributed by atoms with Crippen molar-refractivity contribution in [2.45, 2.75) is 0 Å². The van der Waals surface area contributed by atoms with Gasteiger partial charge in [0.1, 0.15) is 0 Å². The van der Waals surface area contributed by atoms with Crippen LogP contribution in [0, 0.1) is 5.82 Å². The number of nitrogens with one attached hydrogen (secondary N) is 1. The van der Waals surface area contributed by atoms with Gasteiger partial charge in [-0.15, -0.1) is 0 Å². The number of halogens is 3. The molecule has 0 aliphatic carbocycles. The van der Waals surface area contributed by atoms with Gasteiger partial charge in [-0.05, 0) is 0 Å². The summed E-state index contributed by atoms with van der Waals surface area (Å²) in [5.74, 6) is -1.98. The highest BCUT2D eigenvalue weighted by molar-refractivity contribution is 6.36. The second-order valence-electron chi connectivity index (χ2n) is 2.41. The van der Waals surface area contributed by atoms with Gasteiger partial charge >= 0.3 is 6.03 Å². The second kappa shape index (κ2) is 4.41. The predicted molar refractivity (Wildman–Crippen MR) is 51.3 cm³/mol. The van der Waals surface area contributed by atoms with Crippen molar-refractivity contribution in [3.8, 4) is 0 Å². The zero-order valence-corrected chi connectivity index (χ0v) is 8.56. The van der Waals surface area contributed by atoms with Gasteiger partial charge in [-0.1, -0.05) is 23.2 Å². The fourth-order valence-corrected chi connectivity index (χ4v) is 1.20. The van der Waals surface area contributed by atoms with Crippen LogP contribution in [-0.4, -0.2) is 16.9 Å². The lowest BCUT2D eigenvalue weighted by Crippen LogP contribution is -2.35. The Kier molecular flexibility index (Phi) is 3.43. The average Bonchev–Trinajstić information content (AvgIpc) is 2.13. The molecule has 80 valence electrons. The Morgan fingerprint density at radius 1 is 1.47 bits per heavy atom. The molecular weight excluding hydrogens is 248 g/mol. The Labute approximate surface area is 93.4 Å². The summed E-state index contributed by atoms with van der Waals surface area (Å²) in [5, 5.41) is 0.730. The van der Waals surface area contributed by atoms with Gasteiger partial charge in [0.25, 0.3) is 5.91 Å². The SMILES string of the molecule is NC(=O)NC(=O)c1cnc(Cl)c(F)c1Cl. The van der Waals surface area contributed by atoms with E-state index in [-0.39, 0.29) is 5.56 Å². The zero-order chi connectivity index (χ0) is 11.6. The maximum absolute atomic E-state index is 13.1. The molecule has 15 heavy (non-hydrogen) atoms. The number of carbonyl (C=O) groups is 2. The van der Waals surface area contributed by atoms with E-state index in [0.717, 1.165) is 6.20 Å². The van der Waals surface area contributed by atoms with E-state index in [4.69, 9.17) is 28.9 Å². The van der Waals surface area contributed by atoms with Crippen molar-refractivity contribution >= 4 is 35.1 Å². The van der Waals surface area contributed by atoms with E-state index < -0.39 is 27.9 Å². The van der Waals surface area contributed by atoms with Gasteiger partial charge in [0.15, 0.2) is 11.0 Å². The summed E-state index contributed by atoms with van der Waals surface area (Å²) in [6.07, 6.45) is 0.937. The van der Waals surface area contributed by atoms with E-state index >= 15 is 0 Å². The number of urea groups is 1. The van der Waals surface area contributed by atoms with E-state index in [1.807, 2.05) is 0 Å². The third kappa shape index (κ3) is 2.54. The summed E-state index contributed by atoms with van der Waals surface area (Å²) in [4.78, 5) is 24.9. The first-order valence-corrected chi connectivity index (χ1v) is 4.29. The van der Waals surface area contributed by atoms with E-state index in [1.165, 1.54) is 0 Å². The topological polar surface area (TPSA) is 85.1 Å². The number of aromatic nitrogens is 1. The lowest BCUT2D eigenvalue weighted by molar-refractivity contribution is 0.0965. The number of rotatable bonds is 1. The minimum Gasteiger partial charge on any atom is -0.351 e. The van der Waals surface area contributed by atoms with Gasteiger partial charge in [0, 0.05) is 6.20 Å². The first-order valence-electron chi connectivity index (χ1n) is 3.53. The van der Waals surface area contributed by atoms with Gasteiger partial charge in [-0.25, -0.2) is 14.2 Å². The summed E-state index contributed by atoms with van der Waals surface area (Å²) in [7, 11) is 0. The number of amides is 3. The van der Waals surface area contributed by atoms with Crippen molar-refractivity contribution in [2.24, 2.45) is 5.73 Å². The molecule has 1 aromatic rings. The predicted octanol–water partition coefficient (Wildman–Crippen LogP) is 1.34. The fourth-order valence-electron chi connectivity index (χ4n) is 0.781. The molecular formula is C7H4Cl2FN3O2. The fraction of sp³-hybridized carbons (Fsp3) is 0. The Hall–Kier alpha value is -1.40. The van der Waals surface area contributed by atoms with Gasteiger partial charge < -0.3 is 5.73 Å². The minimum atomic E-state index is -1.08. The van der Waals surface area contributed by atoms with Crippen LogP contribution in [0.3, 0.4) is 0 Å². The lowest BCUT2D eigenvalue weighted by Gasteiger charge is -2.04. The van der Waals surface area contributed by atoms with Gasteiger partial charge in [-0.2, -0.15) is 0 Å². The van der Waals surface area contributed by atoms with E-state index in [9.17, 15) is 14.0 Å². The summed E-state index contributed by atoms with van der Waals surface area (Å²) in [5.41, 5.74) is 4.37. The Morgan fingerprint density at radius 3 is 2.60 bits per heavy atom. The molecule has 0 bridgehead atoms. The van der Waals surface area contributed by atoms with Crippen LogP contribution in [0.1, 0.15) is 10.4 Å². The van der Waals surface area contributed by atoms with E-state index in [0.29, 0.717) is 0 Å². The second-order valence-corrected chi connectivity index (χ2v) is 3.15. The number of nitrogens with zero attached hydrogens (tertiary/aromatic N) is 1. The molecule has 0 fully saturated rings. The van der Waals surface area contributed by atoms with Crippen LogP contribution in [0.25, 0.3) is 0 Å². The van der Waals surface area contributed by atoms with Crippen LogP contribution in [-0.2, 0) is 0 Å². The van der Waals surface area contributed by atoms with Crippen molar-refractivity contribution in [1.82, 2.24) is 10.3 Å². The lowest BCUT2D eigenvalue weighted by atomic mass is 10.2. The van der Waals surface area contributed by atoms with E-state index in [1.54, 1.807) is 5.32 Å². The molecule has 3 amide bonds. The summed E-state index contributed by atoms with van der Waals surface area (Å²) in [6, 6.07) is -1.08. The van der Waals surface area contributed by atoms with Crippen LogP contribution >= 0.6 is 23.2 Å². The first kappa shape index (κ1) is 11.7. The highest BCUT2D eigenvalue weighted by Gasteiger charge is 2.18.